The Morgan fingerprint density at radius 1 is 1.32 bits per heavy atom. The van der Waals surface area contributed by atoms with Gasteiger partial charge in [0.1, 0.15) is 6.07 Å². The van der Waals surface area contributed by atoms with Gasteiger partial charge in [-0.05, 0) is 19.1 Å². The van der Waals surface area contributed by atoms with Crippen LogP contribution in [0.5, 0.6) is 0 Å². The Morgan fingerprint density at radius 3 is 2.79 bits per heavy atom. The number of para-hydroxylation sites is 1. The fourth-order valence-electron chi connectivity index (χ4n) is 1.91. The molecule has 5 heteroatoms. The van der Waals surface area contributed by atoms with Gasteiger partial charge in [0.2, 0.25) is 0 Å². The molecule has 92 valence electrons. The van der Waals surface area contributed by atoms with Crippen LogP contribution >= 0.6 is 11.6 Å². The minimum Gasteiger partial charge on any atom is -0.227 e. The van der Waals surface area contributed by atoms with E-state index in [1.54, 1.807) is 10.9 Å². The zero-order valence-electron chi connectivity index (χ0n) is 10.1. The van der Waals surface area contributed by atoms with Gasteiger partial charge in [-0.1, -0.05) is 29.8 Å². The van der Waals surface area contributed by atoms with Crippen LogP contribution in [0.15, 0.2) is 36.5 Å². The molecule has 0 radical (unpaired) electrons. The topological polar surface area (TPSA) is 54.5 Å². The van der Waals surface area contributed by atoms with Crippen LogP contribution in [0.4, 0.5) is 0 Å². The standard InChI is InChI=1S/C14H9ClN4/c1-9-12(15)8-19(18-9)14-11(7-16)6-10-4-2-3-5-13(10)17-14/h2-6,8H,1H3. The molecular formula is C14H9ClN4. The molecule has 0 bridgehead atoms. The summed E-state index contributed by atoms with van der Waals surface area (Å²) in [6.07, 6.45) is 1.66. The third-order valence-corrected chi connectivity index (χ3v) is 3.25. The lowest BCUT2D eigenvalue weighted by molar-refractivity contribution is 0.834. The van der Waals surface area contributed by atoms with Crippen molar-refractivity contribution in [3.63, 3.8) is 0 Å². The summed E-state index contributed by atoms with van der Waals surface area (Å²) < 4.78 is 1.54. The summed E-state index contributed by atoms with van der Waals surface area (Å²) in [4.78, 5) is 4.49. The predicted molar refractivity (Wildman–Crippen MR) is 73.3 cm³/mol. The third-order valence-electron chi connectivity index (χ3n) is 2.88. The smallest absolute Gasteiger partial charge is 0.171 e. The average molecular weight is 269 g/mol. The van der Waals surface area contributed by atoms with Crippen LogP contribution in [-0.4, -0.2) is 14.8 Å². The number of benzene rings is 1. The van der Waals surface area contributed by atoms with Gasteiger partial charge in [0.15, 0.2) is 5.82 Å². The van der Waals surface area contributed by atoms with Gasteiger partial charge >= 0.3 is 0 Å². The molecule has 4 nitrogen and oxygen atoms in total. The van der Waals surface area contributed by atoms with Crippen LogP contribution < -0.4 is 0 Å². The van der Waals surface area contributed by atoms with E-state index in [1.165, 1.54) is 0 Å². The van der Waals surface area contributed by atoms with Crippen molar-refractivity contribution in [2.75, 3.05) is 0 Å². The molecule has 0 spiro atoms. The van der Waals surface area contributed by atoms with Gasteiger partial charge in [-0.15, -0.1) is 0 Å². The first-order chi connectivity index (χ1) is 9.19. The van der Waals surface area contributed by atoms with Crippen LogP contribution in [0.25, 0.3) is 16.7 Å². The first-order valence-corrected chi connectivity index (χ1v) is 6.09. The van der Waals surface area contributed by atoms with E-state index in [1.807, 2.05) is 37.3 Å². The summed E-state index contributed by atoms with van der Waals surface area (Å²) in [5.41, 5.74) is 2.00. The molecule has 1 aromatic carbocycles. The summed E-state index contributed by atoms with van der Waals surface area (Å²) in [6.45, 7) is 1.81. The molecule has 0 N–H and O–H groups in total. The maximum Gasteiger partial charge on any atom is 0.171 e. The molecule has 0 unspecified atom stereocenters. The number of rotatable bonds is 1. The quantitative estimate of drug-likeness (QED) is 0.681. The molecule has 0 fully saturated rings. The minimum atomic E-state index is 0.470. The Morgan fingerprint density at radius 2 is 2.11 bits per heavy atom. The number of halogens is 1. The van der Waals surface area contributed by atoms with Crippen molar-refractivity contribution < 1.29 is 0 Å². The van der Waals surface area contributed by atoms with Crippen molar-refractivity contribution in [2.45, 2.75) is 6.92 Å². The zero-order valence-corrected chi connectivity index (χ0v) is 10.9. The van der Waals surface area contributed by atoms with Crippen LogP contribution in [0.2, 0.25) is 5.02 Å². The highest BCUT2D eigenvalue weighted by Crippen LogP contribution is 2.21. The second-order valence-electron chi connectivity index (χ2n) is 4.17. The molecule has 0 atom stereocenters. The van der Waals surface area contributed by atoms with Crippen LogP contribution in [0, 0.1) is 18.3 Å². The van der Waals surface area contributed by atoms with Crippen LogP contribution in [0.1, 0.15) is 11.3 Å². The van der Waals surface area contributed by atoms with Crippen molar-refractivity contribution >= 4 is 22.5 Å². The number of nitrogens with zero attached hydrogens (tertiary/aromatic N) is 4. The Hall–Kier alpha value is -2.38. The number of fused-ring (bicyclic) bond motifs is 1. The molecule has 0 aliphatic carbocycles. The Bertz CT molecular complexity index is 794. The molecule has 19 heavy (non-hydrogen) atoms. The maximum absolute atomic E-state index is 9.25. The first kappa shape index (κ1) is 11.7. The predicted octanol–water partition coefficient (Wildman–Crippen LogP) is 3.25. The van der Waals surface area contributed by atoms with E-state index < -0.39 is 0 Å². The van der Waals surface area contributed by atoms with Crippen molar-refractivity contribution in [1.82, 2.24) is 14.8 Å². The second kappa shape index (κ2) is 4.38. The lowest BCUT2D eigenvalue weighted by Crippen LogP contribution is -2.02. The highest BCUT2D eigenvalue weighted by Gasteiger charge is 2.11. The second-order valence-corrected chi connectivity index (χ2v) is 4.58. The molecule has 2 aromatic heterocycles. The molecule has 3 rings (SSSR count). The fourth-order valence-corrected chi connectivity index (χ4v) is 2.04. The van der Waals surface area contributed by atoms with Gasteiger partial charge in [0.05, 0.1) is 28.0 Å². The first-order valence-electron chi connectivity index (χ1n) is 5.71. The van der Waals surface area contributed by atoms with E-state index in [9.17, 15) is 5.26 Å². The van der Waals surface area contributed by atoms with E-state index in [2.05, 4.69) is 16.2 Å². The van der Waals surface area contributed by atoms with Crippen molar-refractivity contribution in [1.29, 1.82) is 5.26 Å². The molecule has 0 aliphatic heterocycles. The van der Waals surface area contributed by atoms with Gasteiger partial charge < -0.3 is 0 Å². The monoisotopic (exact) mass is 268 g/mol. The Balaban J connectivity index is 2.30. The van der Waals surface area contributed by atoms with Crippen LogP contribution in [0.3, 0.4) is 0 Å². The third kappa shape index (κ3) is 1.94. The Kier molecular flexibility index (Phi) is 2.69. The van der Waals surface area contributed by atoms with Gasteiger partial charge in [0.25, 0.3) is 0 Å². The number of pyridine rings is 1. The largest absolute Gasteiger partial charge is 0.227 e. The minimum absolute atomic E-state index is 0.470. The summed E-state index contributed by atoms with van der Waals surface area (Å²) >= 11 is 6.00. The lowest BCUT2D eigenvalue weighted by Gasteiger charge is -2.05. The van der Waals surface area contributed by atoms with Gasteiger partial charge in [0, 0.05) is 5.39 Å². The summed E-state index contributed by atoms with van der Waals surface area (Å²) in [7, 11) is 0. The van der Waals surface area contributed by atoms with E-state index in [-0.39, 0.29) is 0 Å². The van der Waals surface area contributed by atoms with Gasteiger partial charge in [-0.3, -0.25) is 0 Å². The highest BCUT2D eigenvalue weighted by molar-refractivity contribution is 6.31. The summed E-state index contributed by atoms with van der Waals surface area (Å²) in [5.74, 6) is 0.496. The average Bonchev–Trinajstić information content (AvgIpc) is 2.77. The fraction of sp³-hybridized carbons (Fsp3) is 0.0714. The molecule has 0 saturated heterocycles. The van der Waals surface area contributed by atoms with Gasteiger partial charge in [-0.25, -0.2) is 9.67 Å². The Labute approximate surface area is 114 Å². The van der Waals surface area contributed by atoms with Crippen molar-refractivity contribution in [3.05, 3.63) is 52.8 Å². The molecular weight excluding hydrogens is 260 g/mol. The highest BCUT2D eigenvalue weighted by atomic mass is 35.5. The van der Waals surface area contributed by atoms with Gasteiger partial charge in [-0.2, -0.15) is 10.4 Å². The normalized spacial score (nSPS) is 10.6. The maximum atomic E-state index is 9.25. The number of aromatic nitrogens is 3. The number of aryl methyl sites for hydroxylation is 1. The van der Waals surface area contributed by atoms with Crippen molar-refractivity contribution in [3.8, 4) is 11.9 Å². The molecule has 0 amide bonds. The van der Waals surface area contributed by atoms with Crippen molar-refractivity contribution in [2.24, 2.45) is 0 Å². The lowest BCUT2D eigenvalue weighted by atomic mass is 10.1. The van der Waals surface area contributed by atoms with E-state index >= 15 is 0 Å². The molecule has 2 heterocycles. The molecule has 0 saturated carbocycles. The number of hydrogen-bond donors (Lipinski definition) is 0. The zero-order chi connectivity index (χ0) is 13.4. The van der Waals surface area contributed by atoms with E-state index in [4.69, 9.17) is 11.6 Å². The number of hydrogen-bond acceptors (Lipinski definition) is 3. The van der Waals surface area contributed by atoms with E-state index in [0.717, 1.165) is 10.9 Å². The summed E-state index contributed by atoms with van der Waals surface area (Å²) in [5, 5.41) is 15.0. The molecule has 0 aliphatic rings. The SMILES string of the molecule is Cc1nn(-c2nc3ccccc3cc2C#N)cc1Cl. The summed E-state index contributed by atoms with van der Waals surface area (Å²) in [6, 6.07) is 11.6. The molecule has 3 aromatic rings. The van der Waals surface area contributed by atoms with E-state index in [0.29, 0.717) is 22.1 Å². The number of nitriles is 1. The van der Waals surface area contributed by atoms with Crippen LogP contribution in [-0.2, 0) is 0 Å².